The van der Waals surface area contributed by atoms with Gasteiger partial charge in [-0.15, -0.1) is 0 Å². The van der Waals surface area contributed by atoms with Crippen molar-refractivity contribution in [2.45, 2.75) is 25.8 Å². The van der Waals surface area contributed by atoms with Crippen molar-refractivity contribution in [2.24, 2.45) is 0 Å². The number of hydrogen-bond donors (Lipinski definition) is 1. The zero-order chi connectivity index (χ0) is 10.1. The van der Waals surface area contributed by atoms with Crippen molar-refractivity contribution in [3.63, 3.8) is 0 Å². The summed E-state index contributed by atoms with van der Waals surface area (Å²) in [5.74, 6) is 0.611. The minimum atomic E-state index is -0.268. The number of nitrogens with one attached hydrogen (secondary N) is 1. The Balaban J connectivity index is 2.38. The maximum atomic E-state index is 11.2. The highest BCUT2D eigenvalue weighted by Crippen LogP contribution is 2.32. The van der Waals surface area contributed by atoms with Crippen LogP contribution < -0.4 is 10.5 Å². The Morgan fingerprint density at radius 2 is 2.43 bits per heavy atom. The Hall–Kier alpha value is -1.03. The fraction of sp³-hybridized carbons (Fsp3) is 0.556. The number of hydrogen-bond acceptors (Lipinski definition) is 3. The molecule has 0 unspecified atom stereocenters. The van der Waals surface area contributed by atoms with E-state index >= 15 is 0 Å². The summed E-state index contributed by atoms with van der Waals surface area (Å²) < 4.78 is 0. The largest absolute Gasteiger partial charge is 0.352 e. The number of aromatic nitrogens is 2. The first-order valence-corrected chi connectivity index (χ1v) is 5.11. The van der Waals surface area contributed by atoms with Gasteiger partial charge in [0.1, 0.15) is 5.02 Å². The molecule has 4 nitrogen and oxygen atoms in total. The molecule has 0 aliphatic heterocycles. The van der Waals surface area contributed by atoms with E-state index in [2.05, 4.69) is 14.9 Å². The third-order valence-electron chi connectivity index (χ3n) is 2.38. The zero-order valence-corrected chi connectivity index (χ0v) is 8.71. The van der Waals surface area contributed by atoms with Gasteiger partial charge in [0.05, 0.1) is 6.33 Å². The van der Waals surface area contributed by atoms with Gasteiger partial charge >= 0.3 is 0 Å². The first-order chi connectivity index (χ1) is 6.74. The summed E-state index contributed by atoms with van der Waals surface area (Å²) in [4.78, 5) is 19.9. The molecule has 1 aliphatic rings. The molecule has 5 heteroatoms. The van der Waals surface area contributed by atoms with Crippen molar-refractivity contribution in [1.82, 2.24) is 9.97 Å². The molecule has 0 aromatic carbocycles. The van der Waals surface area contributed by atoms with E-state index in [1.807, 2.05) is 6.92 Å². The van der Waals surface area contributed by atoms with Crippen LogP contribution in [-0.2, 0) is 0 Å². The van der Waals surface area contributed by atoms with Crippen molar-refractivity contribution in [3.8, 4) is 0 Å². The van der Waals surface area contributed by atoms with Crippen LogP contribution in [0.4, 0.5) is 5.82 Å². The van der Waals surface area contributed by atoms with Gasteiger partial charge in [0, 0.05) is 12.6 Å². The van der Waals surface area contributed by atoms with Crippen LogP contribution in [0.25, 0.3) is 0 Å². The van der Waals surface area contributed by atoms with Gasteiger partial charge in [0.25, 0.3) is 5.56 Å². The van der Waals surface area contributed by atoms with E-state index in [1.54, 1.807) is 0 Å². The van der Waals surface area contributed by atoms with E-state index in [1.165, 1.54) is 19.2 Å². The highest BCUT2D eigenvalue weighted by molar-refractivity contribution is 6.32. The van der Waals surface area contributed by atoms with Crippen LogP contribution in [-0.4, -0.2) is 22.6 Å². The van der Waals surface area contributed by atoms with E-state index in [0.717, 1.165) is 6.54 Å². The first kappa shape index (κ1) is 9.52. The van der Waals surface area contributed by atoms with Crippen molar-refractivity contribution >= 4 is 17.4 Å². The minimum absolute atomic E-state index is 0.196. The molecule has 2 rings (SSSR count). The van der Waals surface area contributed by atoms with Crippen LogP contribution in [0.2, 0.25) is 5.02 Å². The Kier molecular flexibility index (Phi) is 2.46. The molecule has 0 saturated heterocycles. The van der Waals surface area contributed by atoms with Crippen LogP contribution >= 0.6 is 11.6 Å². The number of nitrogens with zero attached hydrogens (tertiary/aromatic N) is 2. The molecule has 0 amide bonds. The Bertz CT molecular complexity index is 386. The lowest BCUT2D eigenvalue weighted by Crippen LogP contribution is -2.28. The van der Waals surface area contributed by atoms with Crippen LogP contribution in [0.5, 0.6) is 0 Å². The summed E-state index contributed by atoms with van der Waals surface area (Å²) in [6.45, 7) is 2.87. The normalized spacial score (nSPS) is 15.6. The summed E-state index contributed by atoms with van der Waals surface area (Å²) in [7, 11) is 0. The highest BCUT2D eigenvalue weighted by Gasteiger charge is 2.30. The fourth-order valence-electron chi connectivity index (χ4n) is 1.54. The smallest absolute Gasteiger partial charge is 0.271 e. The predicted octanol–water partition coefficient (Wildman–Crippen LogP) is 1.41. The molecule has 0 spiro atoms. The third kappa shape index (κ3) is 1.62. The van der Waals surface area contributed by atoms with Crippen LogP contribution in [0.3, 0.4) is 0 Å². The van der Waals surface area contributed by atoms with E-state index in [4.69, 9.17) is 11.6 Å². The molecule has 1 aromatic rings. The van der Waals surface area contributed by atoms with E-state index in [-0.39, 0.29) is 10.6 Å². The van der Waals surface area contributed by atoms with Crippen LogP contribution in [0, 0.1) is 0 Å². The van der Waals surface area contributed by atoms with Gasteiger partial charge in [-0.2, -0.15) is 0 Å². The topological polar surface area (TPSA) is 49.0 Å². The lowest BCUT2D eigenvalue weighted by atomic mass is 10.4. The average Bonchev–Trinajstić information content (AvgIpc) is 2.97. The molecule has 14 heavy (non-hydrogen) atoms. The summed E-state index contributed by atoms with van der Waals surface area (Å²) in [6, 6.07) is 0.520. The van der Waals surface area contributed by atoms with Gasteiger partial charge in [-0.05, 0) is 19.8 Å². The molecule has 76 valence electrons. The summed E-state index contributed by atoms with van der Waals surface area (Å²) in [5, 5.41) is 0.196. The quantitative estimate of drug-likeness (QED) is 0.826. The fourth-order valence-corrected chi connectivity index (χ4v) is 1.75. The second kappa shape index (κ2) is 3.61. The summed E-state index contributed by atoms with van der Waals surface area (Å²) in [5.41, 5.74) is -0.268. The van der Waals surface area contributed by atoms with Gasteiger partial charge in [0.15, 0.2) is 5.82 Å². The molecule has 0 atom stereocenters. The molecular formula is C9H12ClN3O. The molecule has 1 N–H and O–H groups in total. The lowest BCUT2D eigenvalue weighted by Gasteiger charge is -2.21. The van der Waals surface area contributed by atoms with Crippen LogP contribution in [0.15, 0.2) is 11.1 Å². The second-order valence-corrected chi connectivity index (χ2v) is 3.76. The molecule has 1 aromatic heterocycles. The minimum Gasteiger partial charge on any atom is -0.352 e. The first-order valence-electron chi connectivity index (χ1n) is 4.74. The number of rotatable bonds is 3. The molecule has 1 heterocycles. The van der Waals surface area contributed by atoms with Gasteiger partial charge in [-0.3, -0.25) is 4.79 Å². The lowest BCUT2D eigenvalue weighted by molar-refractivity contribution is 0.803. The Labute approximate surface area is 86.9 Å². The van der Waals surface area contributed by atoms with E-state index < -0.39 is 0 Å². The van der Waals surface area contributed by atoms with E-state index in [9.17, 15) is 4.79 Å². The maximum absolute atomic E-state index is 11.2. The molecule has 0 bridgehead atoms. The van der Waals surface area contributed by atoms with Crippen molar-refractivity contribution < 1.29 is 0 Å². The summed E-state index contributed by atoms with van der Waals surface area (Å²) >= 11 is 5.89. The second-order valence-electron chi connectivity index (χ2n) is 3.39. The monoisotopic (exact) mass is 213 g/mol. The standard InChI is InChI=1S/C9H12ClN3O/c1-2-13(6-3-4-6)8-7(10)9(14)12-5-11-8/h5-6H,2-4H2,1H3,(H,11,12,14). The van der Waals surface area contributed by atoms with Crippen molar-refractivity contribution in [1.29, 1.82) is 0 Å². The molecular weight excluding hydrogens is 202 g/mol. The molecule has 0 radical (unpaired) electrons. The third-order valence-corrected chi connectivity index (χ3v) is 2.72. The number of H-pyrrole nitrogens is 1. The van der Waals surface area contributed by atoms with Crippen LogP contribution in [0.1, 0.15) is 19.8 Å². The molecule has 1 fully saturated rings. The van der Waals surface area contributed by atoms with E-state index in [0.29, 0.717) is 11.9 Å². The van der Waals surface area contributed by atoms with Crippen molar-refractivity contribution in [2.75, 3.05) is 11.4 Å². The van der Waals surface area contributed by atoms with Gasteiger partial charge in [0.2, 0.25) is 0 Å². The molecule has 1 saturated carbocycles. The molecule has 1 aliphatic carbocycles. The zero-order valence-electron chi connectivity index (χ0n) is 7.96. The Morgan fingerprint density at radius 3 is 3.00 bits per heavy atom. The number of halogens is 1. The van der Waals surface area contributed by atoms with Crippen molar-refractivity contribution in [3.05, 3.63) is 21.7 Å². The summed E-state index contributed by atoms with van der Waals surface area (Å²) in [6.07, 6.45) is 3.73. The number of aromatic amines is 1. The van der Waals surface area contributed by atoms with Gasteiger partial charge in [-0.1, -0.05) is 11.6 Å². The predicted molar refractivity (Wildman–Crippen MR) is 55.9 cm³/mol. The highest BCUT2D eigenvalue weighted by atomic mass is 35.5. The average molecular weight is 214 g/mol. The maximum Gasteiger partial charge on any atom is 0.271 e. The Morgan fingerprint density at radius 1 is 1.71 bits per heavy atom. The van der Waals surface area contributed by atoms with Gasteiger partial charge in [-0.25, -0.2) is 4.98 Å². The SMILES string of the molecule is CCN(c1nc[nH]c(=O)c1Cl)C1CC1. The number of anilines is 1. The van der Waals surface area contributed by atoms with Gasteiger partial charge < -0.3 is 9.88 Å².